The maximum atomic E-state index is 12.1. The fourth-order valence-electron chi connectivity index (χ4n) is 1.31. The Labute approximate surface area is 120 Å². The van der Waals surface area contributed by atoms with Gasteiger partial charge in [-0.25, -0.2) is 0 Å². The molecular formula is C11H6BrCl2NOS. The molecule has 0 saturated carbocycles. The Bertz CT molecular complexity index is 578. The van der Waals surface area contributed by atoms with Gasteiger partial charge >= 0.3 is 0 Å². The van der Waals surface area contributed by atoms with Crippen LogP contribution in [0.2, 0.25) is 10.0 Å². The highest BCUT2D eigenvalue weighted by Gasteiger charge is 2.16. The first-order valence-corrected chi connectivity index (χ1v) is 6.90. The van der Waals surface area contributed by atoms with E-state index in [2.05, 4.69) is 15.9 Å². The van der Waals surface area contributed by atoms with Gasteiger partial charge in [0.05, 0.1) is 18.7 Å². The smallest absolute Gasteiger partial charge is 0.204 e. The van der Waals surface area contributed by atoms with Gasteiger partial charge in [0, 0.05) is 11.3 Å². The number of nitrogens with two attached hydrogens (primary N) is 1. The Morgan fingerprint density at radius 2 is 1.94 bits per heavy atom. The zero-order chi connectivity index (χ0) is 12.6. The molecule has 17 heavy (non-hydrogen) atoms. The number of halogens is 3. The van der Waals surface area contributed by atoms with Crippen LogP contribution in [-0.4, -0.2) is 5.78 Å². The second-order valence-electron chi connectivity index (χ2n) is 3.30. The first-order valence-electron chi connectivity index (χ1n) is 4.53. The van der Waals surface area contributed by atoms with Crippen molar-refractivity contribution in [3.63, 3.8) is 0 Å². The number of hydrogen-bond acceptors (Lipinski definition) is 3. The molecular weight excluding hydrogens is 345 g/mol. The van der Waals surface area contributed by atoms with Crippen molar-refractivity contribution in [2.24, 2.45) is 0 Å². The van der Waals surface area contributed by atoms with Gasteiger partial charge in [-0.05, 0) is 40.2 Å². The van der Waals surface area contributed by atoms with Crippen molar-refractivity contribution in [1.29, 1.82) is 0 Å². The molecule has 2 rings (SSSR count). The Hall–Kier alpha value is -0.550. The molecule has 0 bridgehead atoms. The van der Waals surface area contributed by atoms with Gasteiger partial charge in [-0.3, -0.25) is 4.79 Å². The molecule has 0 aliphatic heterocycles. The van der Waals surface area contributed by atoms with E-state index in [1.807, 2.05) is 0 Å². The molecule has 0 amide bonds. The summed E-state index contributed by atoms with van der Waals surface area (Å²) >= 11 is 16.4. The molecule has 2 N–H and O–H groups in total. The summed E-state index contributed by atoms with van der Waals surface area (Å²) in [6.45, 7) is 0. The van der Waals surface area contributed by atoms with E-state index in [1.165, 1.54) is 11.3 Å². The van der Waals surface area contributed by atoms with Crippen molar-refractivity contribution in [3.8, 4) is 0 Å². The van der Waals surface area contributed by atoms with E-state index >= 15 is 0 Å². The molecule has 2 nitrogen and oxygen atoms in total. The predicted molar refractivity (Wildman–Crippen MR) is 76.3 cm³/mol. The van der Waals surface area contributed by atoms with E-state index in [1.54, 1.807) is 24.3 Å². The van der Waals surface area contributed by atoms with E-state index < -0.39 is 0 Å². The highest BCUT2D eigenvalue weighted by Crippen LogP contribution is 2.34. The third kappa shape index (κ3) is 2.65. The monoisotopic (exact) mass is 349 g/mol. The van der Waals surface area contributed by atoms with Crippen LogP contribution < -0.4 is 5.73 Å². The lowest BCUT2D eigenvalue weighted by atomic mass is 10.1. The van der Waals surface area contributed by atoms with Crippen molar-refractivity contribution in [2.45, 2.75) is 0 Å². The van der Waals surface area contributed by atoms with E-state index in [9.17, 15) is 4.79 Å². The van der Waals surface area contributed by atoms with Gasteiger partial charge in [-0.2, -0.15) is 0 Å². The Balaban J connectivity index is 2.43. The van der Waals surface area contributed by atoms with Gasteiger partial charge < -0.3 is 5.73 Å². The lowest BCUT2D eigenvalue weighted by Gasteiger charge is -2.02. The number of carbonyl (C=O) groups is 1. The quantitative estimate of drug-likeness (QED) is 0.633. The van der Waals surface area contributed by atoms with Crippen molar-refractivity contribution in [1.82, 2.24) is 0 Å². The maximum absolute atomic E-state index is 12.1. The number of benzene rings is 1. The van der Waals surface area contributed by atoms with Crippen LogP contribution in [0.3, 0.4) is 0 Å². The molecule has 1 aromatic heterocycles. The molecule has 0 fully saturated rings. The number of carbonyl (C=O) groups excluding carboxylic acids is 1. The van der Waals surface area contributed by atoms with Crippen LogP contribution >= 0.6 is 50.5 Å². The van der Waals surface area contributed by atoms with Crippen LogP contribution in [0.5, 0.6) is 0 Å². The van der Waals surface area contributed by atoms with E-state index in [0.29, 0.717) is 26.2 Å². The molecule has 0 saturated heterocycles. The molecule has 6 heteroatoms. The predicted octanol–water partition coefficient (Wildman–Crippen LogP) is 4.63. The average Bonchev–Trinajstić information content (AvgIpc) is 2.58. The molecule has 0 unspecified atom stereocenters. The lowest BCUT2D eigenvalue weighted by Crippen LogP contribution is -2.00. The van der Waals surface area contributed by atoms with Crippen molar-refractivity contribution < 1.29 is 4.79 Å². The summed E-state index contributed by atoms with van der Waals surface area (Å²) in [5.74, 6) is -0.160. The third-order valence-electron chi connectivity index (χ3n) is 2.11. The van der Waals surface area contributed by atoms with E-state index in [0.717, 1.165) is 3.79 Å². The molecule has 1 heterocycles. The number of rotatable bonds is 2. The fraction of sp³-hybridized carbons (Fsp3) is 0. The molecule has 88 valence electrons. The Kier molecular flexibility index (Phi) is 3.78. The fourth-order valence-corrected chi connectivity index (χ4v) is 3.24. The zero-order valence-electron chi connectivity index (χ0n) is 8.34. The van der Waals surface area contributed by atoms with Crippen LogP contribution in [0.1, 0.15) is 15.2 Å². The normalized spacial score (nSPS) is 10.5. The molecule has 1 aromatic carbocycles. The van der Waals surface area contributed by atoms with Crippen molar-refractivity contribution >= 4 is 61.9 Å². The summed E-state index contributed by atoms with van der Waals surface area (Å²) in [4.78, 5) is 12.7. The first kappa shape index (κ1) is 12.9. The van der Waals surface area contributed by atoms with Gasteiger partial charge in [-0.1, -0.05) is 23.2 Å². The highest BCUT2D eigenvalue weighted by molar-refractivity contribution is 9.11. The summed E-state index contributed by atoms with van der Waals surface area (Å²) in [6.07, 6.45) is 0. The van der Waals surface area contributed by atoms with Crippen LogP contribution in [0.4, 0.5) is 5.69 Å². The van der Waals surface area contributed by atoms with Gasteiger partial charge in [0.25, 0.3) is 0 Å². The number of anilines is 1. The summed E-state index contributed by atoms with van der Waals surface area (Å²) in [5.41, 5.74) is 6.52. The summed E-state index contributed by atoms with van der Waals surface area (Å²) < 4.78 is 0.731. The summed E-state index contributed by atoms with van der Waals surface area (Å²) in [5, 5.41) is 0.862. The van der Waals surface area contributed by atoms with E-state index in [-0.39, 0.29) is 5.78 Å². The third-order valence-corrected chi connectivity index (χ3v) is 4.89. The van der Waals surface area contributed by atoms with Crippen LogP contribution in [-0.2, 0) is 0 Å². The van der Waals surface area contributed by atoms with Gasteiger partial charge in [-0.15, -0.1) is 11.3 Å². The summed E-state index contributed by atoms with van der Waals surface area (Å²) in [7, 11) is 0. The maximum Gasteiger partial charge on any atom is 0.204 e. The van der Waals surface area contributed by atoms with Gasteiger partial charge in [0.15, 0.2) is 0 Å². The minimum Gasteiger partial charge on any atom is -0.399 e. The molecule has 0 aliphatic carbocycles. The van der Waals surface area contributed by atoms with Gasteiger partial charge in [0.1, 0.15) is 0 Å². The van der Waals surface area contributed by atoms with Crippen LogP contribution in [0.15, 0.2) is 28.1 Å². The second kappa shape index (κ2) is 4.98. The highest BCUT2D eigenvalue weighted by atomic mass is 79.9. The molecule has 0 atom stereocenters. The first-order chi connectivity index (χ1) is 7.99. The molecule has 0 spiro atoms. The topological polar surface area (TPSA) is 43.1 Å². The van der Waals surface area contributed by atoms with Crippen molar-refractivity contribution in [3.05, 3.63) is 48.5 Å². The lowest BCUT2D eigenvalue weighted by molar-refractivity contribution is 0.104. The van der Waals surface area contributed by atoms with Gasteiger partial charge in [0.2, 0.25) is 5.78 Å². The SMILES string of the molecule is Nc1ccc(C(=O)c2cc(Cl)c(Br)s2)c(Cl)c1. The molecule has 0 aliphatic rings. The minimum absolute atomic E-state index is 0.160. The standard InChI is InChI=1S/C11H6BrCl2NOS/c12-11-8(14)4-9(17-11)10(16)6-2-1-5(15)3-7(6)13/h1-4H,15H2. The number of thiophene rings is 1. The van der Waals surface area contributed by atoms with Crippen LogP contribution in [0, 0.1) is 0 Å². The largest absolute Gasteiger partial charge is 0.399 e. The zero-order valence-corrected chi connectivity index (χ0v) is 12.3. The van der Waals surface area contributed by atoms with Crippen LogP contribution in [0.25, 0.3) is 0 Å². The average molecular weight is 351 g/mol. The molecule has 2 aromatic rings. The Morgan fingerprint density at radius 1 is 1.24 bits per heavy atom. The number of ketones is 1. The minimum atomic E-state index is -0.160. The molecule has 0 radical (unpaired) electrons. The number of hydrogen-bond donors (Lipinski definition) is 1. The van der Waals surface area contributed by atoms with E-state index in [4.69, 9.17) is 28.9 Å². The number of nitrogen functional groups attached to an aromatic ring is 1. The van der Waals surface area contributed by atoms with Crippen molar-refractivity contribution in [2.75, 3.05) is 5.73 Å². The Morgan fingerprint density at radius 3 is 2.47 bits per heavy atom. The second-order valence-corrected chi connectivity index (χ2v) is 6.49. The summed E-state index contributed by atoms with van der Waals surface area (Å²) in [6, 6.07) is 6.43.